The number of ether oxygens (including phenoxy) is 1. The lowest BCUT2D eigenvalue weighted by atomic mass is 9.99. The second-order valence-electron chi connectivity index (χ2n) is 3.48. The maximum Gasteiger partial charge on any atom is 0.417 e. The first kappa shape index (κ1) is 15.1. The largest absolute Gasteiger partial charge is 0.465 e. The molecule has 0 amide bonds. The SMILES string of the molecule is COC(=O)c1c(C(F)(F)F)cc(N)cc1C(F)(F)F. The number of esters is 1. The fourth-order valence-electron chi connectivity index (χ4n) is 1.43. The minimum absolute atomic E-state index is 0.251. The standard InChI is InChI=1S/C10H7F6NO2/c1-19-8(18)7-5(9(11,12)13)2-4(17)3-6(7)10(14,15)16/h2-3H,17H2,1H3. The van der Waals surface area contributed by atoms with E-state index in [1.165, 1.54) is 0 Å². The maximum absolute atomic E-state index is 12.7. The highest BCUT2D eigenvalue weighted by atomic mass is 19.4. The van der Waals surface area contributed by atoms with Crippen molar-refractivity contribution in [3.63, 3.8) is 0 Å². The summed E-state index contributed by atoms with van der Waals surface area (Å²) < 4.78 is 79.9. The molecule has 19 heavy (non-hydrogen) atoms. The summed E-state index contributed by atoms with van der Waals surface area (Å²) in [5, 5.41) is 0. The lowest BCUT2D eigenvalue weighted by molar-refractivity contribution is -0.144. The lowest BCUT2D eigenvalue weighted by Crippen LogP contribution is -2.21. The fourth-order valence-corrected chi connectivity index (χ4v) is 1.43. The fraction of sp³-hybridized carbons (Fsp3) is 0.300. The molecule has 2 N–H and O–H groups in total. The van der Waals surface area contributed by atoms with Gasteiger partial charge in [-0.3, -0.25) is 0 Å². The number of anilines is 1. The third-order valence-electron chi connectivity index (χ3n) is 2.16. The van der Waals surface area contributed by atoms with Crippen LogP contribution in [0.4, 0.5) is 32.0 Å². The van der Waals surface area contributed by atoms with Gasteiger partial charge in [0.1, 0.15) is 0 Å². The second kappa shape index (κ2) is 4.63. The number of carbonyl (C=O) groups is 1. The first-order valence-corrected chi connectivity index (χ1v) is 4.64. The topological polar surface area (TPSA) is 52.3 Å². The quantitative estimate of drug-likeness (QED) is 0.490. The van der Waals surface area contributed by atoms with E-state index in [0.717, 1.165) is 0 Å². The third kappa shape index (κ3) is 3.09. The Morgan fingerprint density at radius 3 is 1.68 bits per heavy atom. The van der Waals surface area contributed by atoms with Gasteiger partial charge in [-0.25, -0.2) is 4.79 Å². The number of carbonyl (C=O) groups excluding carboxylic acids is 1. The second-order valence-corrected chi connectivity index (χ2v) is 3.48. The molecule has 1 aromatic rings. The molecule has 0 aliphatic rings. The minimum Gasteiger partial charge on any atom is -0.465 e. The van der Waals surface area contributed by atoms with Crippen molar-refractivity contribution in [2.24, 2.45) is 0 Å². The molecule has 0 aromatic heterocycles. The molecule has 0 aliphatic carbocycles. The Bertz CT molecular complexity index is 471. The van der Waals surface area contributed by atoms with Gasteiger partial charge >= 0.3 is 18.3 Å². The van der Waals surface area contributed by atoms with E-state index >= 15 is 0 Å². The molecule has 0 bridgehead atoms. The van der Waals surface area contributed by atoms with Gasteiger partial charge in [0.25, 0.3) is 0 Å². The van der Waals surface area contributed by atoms with Crippen LogP contribution in [0.5, 0.6) is 0 Å². The highest BCUT2D eigenvalue weighted by Gasteiger charge is 2.43. The van der Waals surface area contributed by atoms with E-state index in [2.05, 4.69) is 4.74 Å². The molecule has 0 fully saturated rings. The summed E-state index contributed by atoms with van der Waals surface area (Å²) in [6.07, 6.45) is -10.3. The Labute approximate surface area is 102 Å². The van der Waals surface area contributed by atoms with Gasteiger partial charge in [-0.05, 0) is 12.1 Å². The van der Waals surface area contributed by atoms with E-state index in [0.29, 0.717) is 7.11 Å². The molecule has 1 aromatic carbocycles. The van der Waals surface area contributed by atoms with Crippen LogP contribution in [0.15, 0.2) is 12.1 Å². The van der Waals surface area contributed by atoms with Crippen molar-refractivity contribution in [3.05, 3.63) is 28.8 Å². The summed E-state index contributed by atoms with van der Waals surface area (Å²) in [7, 11) is 0.680. The number of benzene rings is 1. The number of alkyl halides is 6. The van der Waals surface area contributed by atoms with Gasteiger partial charge in [-0.15, -0.1) is 0 Å². The molecule has 106 valence electrons. The molecule has 0 saturated heterocycles. The van der Waals surface area contributed by atoms with Gasteiger partial charge in [0, 0.05) is 5.69 Å². The van der Waals surface area contributed by atoms with Crippen molar-refractivity contribution in [2.75, 3.05) is 12.8 Å². The van der Waals surface area contributed by atoms with Crippen molar-refractivity contribution in [1.29, 1.82) is 0 Å². The first-order chi connectivity index (χ1) is 8.48. The Kier molecular flexibility index (Phi) is 3.69. The molecule has 0 heterocycles. The summed E-state index contributed by atoms with van der Waals surface area (Å²) >= 11 is 0. The van der Waals surface area contributed by atoms with Crippen molar-refractivity contribution in [1.82, 2.24) is 0 Å². The molecular formula is C10H7F6NO2. The minimum atomic E-state index is -5.17. The van der Waals surface area contributed by atoms with Gasteiger partial charge in [0.05, 0.1) is 23.8 Å². The normalized spacial score (nSPS) is 12.4. The van der Waals surface area contributed by atoms with Crippen LogP contribution >= 0.6 is 0 Å². The zero-order valence-corrected chi connectivity index (χ0v) is 9.32. The molecule has 0 saturated carbocycles. The predicted molar refractivity (Wildman–Crippen MR) is 52.2 cm³/mol. The molecule has 0 spiro atoms. The van der Waals surface area contributed by atoms with Gasteiger partial charge < -0.3 is 10.5 Å². The Morgan fingerprint density at radius 1 is 1.05 bits per heavy atom. The Balaban J connectivity index is 3.74. The maximum atomic E-state index is 12.7. The number of halogens is 6. The Morgan fingerprint density at radius 2 is 1.42 bits per heavy atom. The summed E-state index contributed by atoms with van der Waals surface area (Å²) in [6.45, 7) is 0. The summed E-state index contributed by atoms with van der Waals surface area (Å²) in [6, 6.07) is 0.503. The van der Waals surface area contributed by atoms with E-state index in [-0.39, 0.29) is 12.1 Å². The van der Waals surface area contributed by atoms with Crippen molar-refractivity contribution in [3.8, 4) is 0 Å². The summed E-state index contributed by atoms with van der Waals surface area (Å²) in [4.78, 5) is 11.2. The van der Waals surface area contributed by atoms with Crippen molar-refractivity contribution < 1.29 is 35.9 Å². The van der Waals surface area contributed by atoms with E-state index in [9.17, 15) is 31.1 Å². The lowest BCUT2D eigenvalue weighted by Gasteiger charge is -2.18. The number of nitrogens with two attached hydrogens (primary N) is 1. The van der Waals surface area contributed by atoms with Crippen LogP contribution in [0.2, 0.25) is 0 Å². The monoisotopic (exact) mass is 287 g/mol. The molecule has 0 radical (unpaired) electrons. The van der Waals surface area contributed by atoms with Gasteiger partial charge in [0.2, 0.25) is 0 Å². The molecule has 0 atom stereocenters. The van der Waals surface area contributed by atoms with Crippen LogP contribution in [-0.2, 0) is 17.1 Å². The Hall–Kier alpha value is -1.93. The average Bonchev–Trinajstić information content (AvgIpc) is 2.24. The number of rotatable bonds is 1. The molecule has 0 unspecified atom stereocenters. The van der Waals surface area contributed by atoms with Crippen LogP contribution in [0, 0.1) is 0 Å². The molecule has 1 rings (SSSR count). The van der Waals surface area contributed by atoms with Crippen molar-refractivity contribution >= 4 is 11.7 Å². The van der Waals surface area contributed by atoms with Crippen LogP contribution in [0.25, 0.3) is 0 Å². The number of nitrogen functional groups attached to an aromatic ring is 1. The van der Waals surface area contributed by atoms with Gasteiger partial charge in [0.15, 0.2) is 0 Å². The van der Waals surface area contributed by atoms with E-state index in [1.807, 2.05) is 0 Å². The average molecular weight is 287 g/mol. The van der Waals surface area contributed by atoms with Crippen LogP contribution < -0.4 is 5.73 Å². The number of hydrogen-bond donors (Lipinski definition) is 1. The smallest absolute Gasteiger partial charge is 0.417 e. The zero-order chi connectivity index (χ0) is 15.0. The molecular weight excluding hydrogens is 280 g/mol. The van der Waals surface area contributed by atoms with Gasteiger partial charge in [-0.2, -0.15) is 26.3 Å². The zero-order valence-electron chi connectivity index (χ0n) is 9.32. The summed E-state index contributed by atoms with van der Waals surface area (Å²) in [5.74, 6) is -1.74. The number of hydrogen-bond acceptors (Lipinski definition) is 3. The third-order valence-corrected chi connectivity index (χ3v) is 2.16. The van der Waals surface area contributed by atoms with E-state index in [1.54, 1.807) is 0 Å². The number of methoxy groups -OCH3 is 1. The highest BCUT2D eigenvalue weighted by Crippen LogP contribution is 2.41. The van der Waals surface area contributed by atoms with Crippen LogP contribution in [-0.4, -0.2) is 13.1 Å². The highest BCUT2D eigenvalue weighted by molar-refractivity contribution is 5.94. The predicted octanol–water partition coefficient (Wildman–Crippen LogP) is 3.09. The van der Waals surface area contributed by atoms with E-state index in [4.69, 9.17) is 5.73 Å². The van der Waals surface area contributed by atoms with Crippen LogP contribution in [0.3, 0.4) is 0 Å². The van der Waals surface area contributed by atoms with Crippen LogP contribution in [0.1, 0.15) is 21.5 Å². The van der Waals surface area contributed by atoms with E-state index < -0.39 is 40.7 Å². The van der Waals surface area contributed by atoms with Crippen molar-refractivity contribution in [2.45, 2.75) is 12.4 Å². The molecule has 9 heteroatoms. The first-order valence-electron chi connectivity index (χ1n) is 4.64. The van der Waals surface area contributed by atoms with Gasteiger partial charge in [-0.1, -0.05) is 0 Å². The molecule has 0 aliphatic heterocycles. The molecule has 3 nitrogen and oxygen atoms in total. The summed E-state index contributed by atoms with van der Waals surface area (Å²) in [5.41, 5.74) is -0.917.